The lowest BCUT2D eigenvalue weighted by atomic mass is 9.87. The first kappa shape index (κ1) is 10.9. The SMILES string of the molecule is CCOC(=O)C1CC[C@H]2[C@@H]1CC[C@@]2(C)O. The molecule has 2 saturated carbocycles. The first-order chi connectivity index (χ1) is 7.06. The summed E-state index contributed by atoms with van der Waals surface area (Å²) in [5, 5.41) is 10.1. The monoisotopic (exact) mass is 212 g/mol. The molecule has 0 bridgehead atoms. The molecule has 3 heteroatoms. The summed E-state index contributed by atoms with van der Waals surface area (Å²) in [6.07, 6.45) is 3.67. The second-order valence-corrected chi connectivity index (χ2v) is 5.10. The Kier molecular flexibility index (Phi) is 2.75. The molecule has 1 N–H and O–H groups in total. The van der Waals surface area contributed by atoms with E-state index in [1.807, 2.05) is 13.8 Å². The zero-order chi connectivity index (χ0) is 11.1. The Hall–Kier alpha value is -0.570. The number of esters is 1. The van der Waals surface area contributed by atoms with Crippen LogP contribution in [-0.2, 0) is 9.53 Å². The van der Waals surface area contributed by atoms with Crippen molar-refractivity contribution < 1.29 is 14.6 Å². The molecule has 2 fully saturated rings. The molecule has 2 aliphatic rings. The first-order valence-corrected chi connectivity index (χ1v) is 5.95. The van der Waals surface area contributed by atoms with E-state index >= 15 is 0 Å². The van der Waals surface area contributed by atoms with Gasteiger partial charge in [0.25, 0.3) is 0 Å². The lowest BCUT2D eigenvalue weighted by molar-refractivity contribution is -0.149. The van der Waals surface area contributed by atoms with E-state index in [-0.39, 0.29) is 11.9 Å². The maximum absolute atomic E-state index is 11.7. The molecular weight excluding hydrogens is 192 g/mol. The Bertz CT molecular complexity index is 260. The molecule has 0 heterocycles. The molecule has 2 aliphatic carbocycles. The van der Waals surface area contributed by atoms with Gasteiger partial charge in [0.2, 0.25) is 0 Å². The topological polar surface area (TPSA) is 46.5 Å². The molecule has 0 saturated heterocycles. The van der Waals surface area contributed by atoms with Crippen LogP contribution in [0.25, 0.3) is 0 Å². The molecule has 4 atom stereocenters. The molecular formula is C12H20O3. The van der Waals surface area contributed by atoms with Crippen molar-refractivity contribution >= 4 is 5.97 Å². The van der Waals surface area contributed by atoms with E-state index in [9.17, 15) is 9.90 Å². The summed E-state index contributed by atoms with van der Waals surface area (Å²) in [6, 6.07) is 0. The first-order valence-electron chi connectivity index (χ1n) is 5.95. The Morgan fingerprint density at radius 1 is 1.47 bits per heavy atom. The number of hydrogen-bond acceptors (Lipinski definition) is 3. The Morgan fingerprint density at radius 2 is 2.20 bits per heavy atom. The van der Waals surface area contributed by atoms with Crippen molar-refractivity contribution in [2.75, 3.05) is 6.61 Å². The molecule has 0 radical (unpaired) electrons. The second kappa shape index (κ2) is 3.78. The van der Waals surface area contributed by atoms with Crippen LogP contribution < -0.4 is 0 Å². The van der Waals surface area contributed by atoms with Crippen molar-refractivity contribution in [2.24, 2.45) is 17.8 Å². The summed E-state index contributed by atoms with van der Waals surface area (Å²) in [4.78, 5) is 11.7. The molecule has 0 aliphatic heterocycles. The van der Waals surface area contributed by atoms with Crippen LogP contribution in [0.1, 0.15) is 39.5 Å². The fourth-order valence-electron chi connectivity index (χ4n) is 3.43. The molecule has 0 aromatic heterocycles. The molecule has 15 heavy (non-hydrogen) atoms. The zero-order valence-electron chi connectivity index (χ0n) is 9.53. The number of aliphatic hydroxyl groups is 1. The second-order valence-electron chi connectivity index (χ2n) is 5.10. The molecule has 1 unspecified atom stereocenters. The Labute approximate surface area is 90.8 Å². The lowest BCUT2D eigenvalue weighted by Crippen LogP contribution is -2.30. The summed E-state index contributed by atoms with van der Waals surface area (Å²) in [7, 11) is 0. The highest BCUT2D eigenvalue weighted by Crippen LogP contribution is 2.52. The predicted molar refractivity (Wildman–Crippen MR) is 56.2 cm³/mol. The van der Waals surface area contributed by atoms with Crippen molar-refractivity contribution in [1.29, 1.82) is 0 Å². The quantitative estimate of drug-likeness (QED) is 0.709. The lowest BCUT2D eigenvalue weighted by Gasteiger charge is -2.24. The molecule has 3 nitrogen and oxygen atoms in total. The van der Waals surface area contributed by atoms with Crippen LogP contribution in [0.15, 0.2) is 0 Å². The van der Waals surface area contributed by atoms with Gasteiger partial charge in [0.05, 0.1) is 18.1 Å². The van der Waals surface area contributed by atoms with Crippen molar-refractivity contribution in [3.05, 3.63) is 0 Å². The van der Waals surface area contributed by atoms with Gasteiger partial charge in [-0.15, -0.1) is 0 Å². The minimum absolute atomic E-state index is 0.0453. The van der Waals surface area contributed by atoms with Gasteiger partial charge in [0.15, 0.2) is 0 Å². The van der Waals surface area contributed by atoms with E-state index in [1.165, 1.54) is 0 Å². The standard InChI is InChI=1S/C12H20O3/c1-3-15-11(13)9-4-5-10-8(9)6-7-12(10,2)14/h8-10,14H,3-7H2,1-2H3/t8-,9?,10+,12-/m1/s1. The van der Waals surface area contributed by atoms with E-state index in [1.54, 1.807) is 0 Å². The molecule has 0 aromatic rings. The summed E-state index contributed by atoms with van der Waals surface area (Å²) in [5.74, 6) is 0.664. The van der Waals surface area contributed by atoms with Crippen LogP contribution in [0.2, 0.25) is 0 Å². The van der Waals surface area contributed by atoms with Crippen LogP contribution in [0.5, 0.6) is 0 Å². The van der Waals surface area contributed by atoms with Gasteiger partial charge in [-0.25, -0.2) is 0 Å². The van der Waals surface area contributed by atoms with Crippen LogP contribution in [0.4, 0.5) is 0 Å². The highest BCUT2D eigenvalue weighted by atomic mass is 16.5. The third-order valence-electron chi connectivity index (χ3n) is 4.19. The number of fused-ring (bicyclic) bond motifs is 1. The van der Waals surface area contributed by atoms with E-state index in [0.29, 0.717) is 18.4 Å². The Morgan fingerprint density at radius 3 is 2.87 bits per heavy atom. The van der Waals surface area contributed by atoms with E-state index < -0.39 is 5.60 Å². The van der Waals surface area contributed by atoms with Crippen molar-refractivity contribution in [3.63, 3.8) is 0 Å². The number of carbonyl (C=O) groups excluding carboxylic acids is 1. The molecule has 0 aromatic carbocycles. The van der Waals surface area contributed by atoms with Gasteiger partial charge in [-0.2, -0.15) is 0 Å². The number of hydrogen-bond donors (Lipinski definition) is 1. The average molecular weight is 212 g/mol. The third-order valence-corrected chi connectivity index (χ3v) is 4.19. The van der Waals surface area contributed by atoms with E-state index in [4.69, 9.17) is 4.74 Å². The summed E-state index contributed by atoms with van der Waals surface area (Å²) in [6.45, 7) is 4.21. The number of carbonyl (C=O) groups is 1. The highest BCUT2D eigenvalue weighted by molar-refractivity contribution is 5.73. The summed E-state index contributed by atoms with van der Waals surface area (Å²) < 4.78 is 5.08. The van der Waals surface area contributed by atoms with Crippen LogP contribution in [-0.4, -0.2) is 23.3 Å². The Balaban J connectivity index is 2.05. The smallest absolute Gasteiger partial charge is 0.309 e. The van der Waals surface area contributed by atoms with Gasteiger partial charge in [0.1, 0.15) is 0 Å². The summed E-state index contributed by atoms with van der Waals surface area (Å²) >= 11 is 0. The van der Waals surface area contributed by atoms with Gasteiger partial charge in [-0.05, 0) is 51.4 Å². The van der Waals surface area contributed by atoms with Gasteiger partial charge in [0, 0.05) is 0 Å². The van der Waals surface area contributed by atoms with Crippen molar-refractivity contribution in [3.8, 4) is 0 Å². The van der Waals surface area contributed by atoms with Crippen LogP contribution >= 0.6 is 0 Å². The zero-order valence-corrected chi connectivity index (χ0v) is 9.53. The summed E-state index contributed by atoms with van der Waals surface area (Å²) in [5.41, 5.74) is -0.550. The fourth-order valence-corrected chi connectivity index (χ4v) is 3.43. The fraction of sp³-hybridized carbons (Fsp3) is 0.917. The largest absolute Gasteiger partial charge is 0.466 e. The maximum Gasteiger partial charge on any atom is 0.309 e. The van der Waals surface area contributed by atoms with Gasteiger partial charge in [-0.1, -0.05) is 0 Å². The number of rotatable bonds is 2. The van der Waals surface area contributed by atoms with Crippen LogP contribution in [0.3, 0.4) is 0 Å². The average Bonchev–Trinajstić information content (AvgIpc) is 2.69. The predicted octanol–water partition coefficient (Wildman–Crippen LogP) is 1.74. The van der Waals surface area contributed by atoms with Gasteiger partial charge < -0.3 is 9.84 Å². The molecule has 86 valence electrons. The normalized spacial score (nSPS) is 44.1. The van der Waals surface area contributed by atoms with E-state index in [0.717, 1.165) is 25.7 Å². The minimum atomic E-state index is -0.550. The molecule has 0 amide bonds. The van der Waals surface area contributed by atoms with Gasteiger partial charge in [-0.3, -0.25) is 4.79 Å². The minimum Gasteiger partial charge on any atom is -0.466 e. The van der Waals surface area contributed by atoms with Gasteiger partial charge >= 0.3 is 5.97 Å². The molecule has 0 spiro atoms. The molecule has 2 rings (SSSR count). The van der Waals surface area contributed by atoms with Crippen LogP contribution in [0, 0.1) is 17.8 Å². The number of ether oxygens (including phenoxy) is 1. The van der Waals surface area contributed by atoms with Crippen molar-refractivity contribution in [2.45, 2.75) is 45.1 Å². The third kappa shape index (κ3) is 1.78. The maximum atomic E-state index is 11.7. The highest BCUT2D eigenvalue weighted by Gasteiger charge is 2.52. The van der Waals surface area contributed by atoms with Crippen molar-refractivity contribution in [1.82, 2.24) is 0 Å². The van der Waals surface area contributed by atoms with E-state index in [2.05, 4.69) is 0 Å².